The molecule has 0 bridgehead atoms. The lowest BCUT2D eigenvalue weighted by molar-refractivity contribution is 0.278. The average molecular weight is 114 g/mol. The molecule has 6 heavy (non-hydrogen) atoms. The van der Waals surface area contributed by atoms with E-state index >= 15 is 0 Å². The van der Waals surface area contributed by atoms with Gasteiger partial charge in [-0.15, -0.1) is 11.6 Å². The van der Waals surface area contributed by atoms with Crippen molar-refractivity contribution in [3.8, 4) is 0 Å². The van der Waals surface area contributed by atoms with Crippen LogP contribution in [0.3, 0.4) is 0 Å². The Hall–Kier alpha value is 0.150. The minimum Gasteiger partial charge on any atom is -0.200 e. The zero-order valence-electron chi connectivity index (χ0n) is 3.05. The molecule has 0 amide bonds. The number of rotatable bonds is 2. The van der Waals surface area contributed by atoms with Crippen LogP contribution in [-0.4, -0.2) is 5.88 Å². The first-order valence-corrected chi connectivity index (χ1v) is 2.03. The van der Waals surface area contributed by atoms with Crippen LogP contribution in [0.5, 0.6) is 0 Å². The summed E-state index contributed by atoms with van der Waals surface area (Å²) in [4.78, 5) is 0. The van der Waals surface area contributed by atoms with E-state index in [0.717, 1.165) is 0 Å². The second-order valence-electron chi connectivity index (χ2n) is 0.778. The first-order chi connectivity index (χ1) is 2.77. The normalized spacial score (nSPS) is 10.0. The van der Waals surface area contributed by atoms with Gasteiger partial charge in [0.2, 0.25) is 0 Å². The van der Waals surface area contributed by atoms with Crippen molar-refractivity contribution < 1.29 is 8.78 Å². The summed E-state index contributed by atoms with van der Waals surface area (Å²) in [6.07, 6.45) is -1.87. The van der Waals surface area contributed by atoms with E-state index in [1.807, 2.05) is 0 Å². The summed E-state index contributed by atoms with van der Waals surface area (Å²) < 4.78 is 21.7. The van der Waals surface area contributed by atoms with Crippen molar-refractivity contribution in [2.75, 3.05) is 5.88 Å². The maximum absolute atomic E-state index is 10.9. The Bertz CT molecular complexity index is 30.0. The fraction of sp³-hybridized carbons (Fsp3) is 0.667. The molecule has 0 saturated heterocycles. The molecule has 0 aromatic rings. The molecule has 0 heterocycles. The average Bonchev–Trinajstić information content (AvgIpc) is 1.35. The summed E-state index contributed by atoms with van der Waals surface area (Å²) >= 11 is 4.90. The molecule has 0 nitrogen and oxygen atoms in total. The molecule has 0 aromatic heterocycles. The lowest BCUT2D eigenvalue weighted by atomic mass is 10.5. The zero-order valence-corrected chi connectivity index (χ0v) is 3.80. The molecule has 37 valence electrons. The minimum absolute atomic E-state index is 0.0162. The Kier molecular flexibility index (Phi) is 3.43. The molecule has 0 atom stereocenters. The van der Waals surface area contributed by atoms with E-state index in [0.29, 0.717) is 0 Å². The third-order valence-corrected chi connectivity index (χ3v) is 0.472. The number of halogens is 3. The predicted octanol–water partition coefficient (Wildman–Crippen LogP) is 2.04. The number of alkyl halides is 1. The Morgan fingerprint density at radius 1 is 1.50 bits per heavy atom. The van der Waals surface area contributed by atoms with Gasteiger partial charge >= 0.3 is 6.43 Å². The smallest absolute Gasteiger partial charge is 0.200 e. The molecule has 0 spiro atoms. The molecule has 0 fully saturated rings. The van der Waals surface area contributed by atoms with Gasteiger partial charge in [-0.2, -0.15) is 8.78 Å². The van der Waals surface area contributed by atoms with E-state index in [4.69, 9.17) is 11.6 Å². The van der Waals surface area contributed by atoms with Crippen molar-refractivity contribution in [2.24, 2.45) is 0 Å². The van der Waals surface area contributed by atoms with Crippen molar-refractivity contribution in [1.29, 1.82) is 0 Å². The Morgan fingerprint density at radius 3 is 2.00 bits per heavy atom. The third kappa shape index (κ3) is 4.15. The molecule has 0 aliphatic rings. The first-order valence-electron chi connectivity index (χ1n) is 1.50. The van der Waals surface area contributed by atoms with Crippen molar-refractivity contribution in [3.05, 3.63) is 6.43 Å². The Balaban J connectivity index is 2.63. The minimum atomic E-state index is -1.59. The Morgan fingerprint density at radius 2 is 2.00 bits per heavy atom. The summed E-state index contributed by atoms with van der Waals surface area (Å²) in [6.45, 7) is 0. The molecule has 0 aliphatic carbocycles. The van der Waals surface area contributed by atoms with E-state index < -0.39 is 6.43 Å². The number of hydrogen-bond acceptors (Lipinski definition) is 0. The van der Waals surface area contributed by atoms with E-state index in [-0.39, 0.29) is 12.3 Å². The highest BCUT2D eigenvalue weighted by atomic mass is 35.5. The van der Waals surface area contributed by atoms with E-state index in [9.17, 15) is 8.78 Å². The molecule has 0 aromatic carbocycles. The second kappa shape index (κ2) is 3.34. The SMILES string of the molecule is F[C](F)CCCl. The van der Waals surface area contributed by atoms with Crippen LogP contribution in [0.2, 0.25) is 0 Å². The standard InChI is InChI=1S/C3H4ClF2/c4-2-1-3(5)6/h1-2H2. The van der Waals surface area contributed by atoms with Crippen molar-refractivity contribution in [2.45, 2.75) is 6.42 Å². The van der Waals surface area contributed by atoms with Gasteiger partial charge in [0, 0.05) is 12.3 Å². The molecule has 3 heteroatoms. The van der Waals surface area contributed by atoms with Crippen molar-refractivity contribution in [3.63, 3.8) is 0 Å². The Labute approximate surface area is 40.1 Å². The van der Waals surface area contributed by atoms with Gasteiger partial charge in [0.05, 0.1) is 0 Å². The van der Waals surface area contributed by atoms with Gasteiger partial charge < -0.3 is 0 Å². The predicted molar refractivity (Wildman–Crippen MR) is 20.8 cm³/mol. The van der Waals surface area contributed by atoms with Crippen molar-refractivity contribution >= 4 is 11.6 Å². The quantitative estimate of drug-likeness (QED) is 0.481. The van der Waals surface area contributed by atoms with E-state index in [2.05, 4.69) is 0 Å². The highest BCUT2D eigenvalue weighted by Gasteiger charge is 2.00. The maximum atomic E-state index is 10.9. The number of hydrogen-bond donors (Lipinski definition) is 0. The molecule has 0 saturated carbocycles. The first kappa shape index (κ1) is 6.15. The molecular weight excluding hydrogens is 109 g/mol. The molecule has 0 N–H and O–H groups in total. The summed E-state index contributed by atoms with van der Waals surface area (Å²) in [5.41, 5.74) is 0. The van der Waals surface area contributed by atoms with Gasteiger partial charge in [-0.25, -0.2) is 0 Å². The van der Waals surface area contributed by atoms with Gasteiger partial charge in [-0.05, 0) is 0 Å². The highest BCUT2D eigenvalue weighted by Crippen LogP contribution is 2.07. The van der Waals surface area contributed by atoms with Gasteiger partial charge in [-0.3, -0.25) is 0 Å². The van der Waals surface area contributed by atoms with Crippen LogP contribution in [0.15, 0.2) is 0 Å². The van der Waals surface area contributed by atoms with Crippen LogP contribution in [0.25, 0.3) is 0 Å². The van der Waals surface area contributed by atoms with Gasteiger partial charge in [-0.1, -0.05) is 0 Å². The van der Waals surface area contributed by atoms with Gasteiger partial charge in [0.25, 0.3) is 0 Å². The topological polar surface area (TPSA) is 0 Å². The van der Waals surface area contributed by atoms with Crippen LogP contribution in [0.1, 0.15) is 6.42 Å². The fourth-order valence-electron chi connectivity index (χ4n) is 0.0714. The van der Waals surface area contributed by atoms with Crippen LogP contribution in [-0.2, 0) is 0 Å². The second-order valence-corrected chi connectivity index (χ2v) is 1.16. The lowest BCUT2D eigenvalue weighted by Crippen LogP contribution is -1.77. The molecule has 1 radical (unpaired) electrons. The maximum Gasteiger partial charge on any atom is 0.311 e. The van der Waals surface area contributed by atoms with Crippen LogP contribution in [0.4, 0.5) is 8.78 Å². The summed E-state index contributed by atoms with van der Waals surface area (Å²) in [5, 5.41) is 0. The van der Waals surface area contributed by atoms with Crippen LogP contribution < -0.4 is 0 Å². The van der Waals surface area contributed by atoms with E-state index in [1.54, 1.807) is 0 Å². The van der Waals surface area contributed by atoms with Crippen LogP contribution >= 0.6 is 11.6 Å². The fourth-order valence-corrected chi connectivity index (χ4v) is 0.214. The lowest BCUT2D eigenvalue weighted by Gasteiger charge is -1.83. The molecular formula is C3H4ClF2. The largest absolute Gasteiger partial charge is 0.311 e. The van der Waals surface area contributed by atoms with E-state index in [1.165, 1.54) is 0 Å². The molecule has 0 rings (SSSR count). The van der Waals surface area contributed by atoms with Crippen molar-refractivity contribution in [1.82, 2.24) is 0 Å². The summed E-state index contributed by atoms with van der Waals surface area (Å²) in [5.74, 6) is 0.0162. The zero-order chi connectivity index (χ0) is 4.99. The monoisotopic (exact) mass is 113 g/mol. The van der Waals surface area contributed by atoms with Gasteiger partial charge in [0.15, 0.2) is 0 Å². The summed E-state index contributed by atoms with van der Waals surface area (Å²) in [7, 11) is 0. The van der Waals surface area contributed by atoms with Crippen LogP contribution in [0, 0.1) is 6.43 Å². The highest BCUT2D eigenvalue weighted by molar-refractivity contribution is 6.17. The molecule has 0 unspecified atom stereocenters. The third-order valence-electron chi connectivity index (χ3n) is 0.283. The molecule has 0 aliphatic heterocycles. The summed E-state index contributed by atoms with van der Waals surface area (Å²) in [6, 6.07) is 0. The van der Waals surface area contributed by atoms with Gasteiger partial charge in [0.1, 0.15) is 0 Å².